The lowest BCUT2D eigenvalue weighted by molar-refractivity contribution is 0.0691. The van der Waals surface area contributed by atoms with Gasteiger partial charge in [-0.15, -0.1) is 11.3 Å². The minimum atomic E-state index is -1.08. The van der Waals surface area contributed by atoms with Crippen LogP contribution in [0.25, 0.3) is 0 Å². The fraction of sp³-hybridized carbons (Fsp3) is 0.357. The second-order valence-electron chi connectivity index (χ2n) is 4.99. The second-order valence-corrected chi connectivity index (χ2v) is 5.93. The Morgan fingerprint density at radius 2 is 2.09 bits per heavy atom. The molecule has 2 aromatic rings. The van der Waals surface area contributed by atoms with Gasteiger partial charge in [-0.3, -0.25) is 4.79 Å². The van der Waals surface area contributed by atoms with Gasteiger partial charge in [0.25, 0.3) is 5.91 Å². The molecule has 0 radical (unpaired) electrons. The molecule has 0 bridgehead atoms. The van der Waals surface area contributed by atoms with E-state index in [4.69, 9.17) is 5.11 Å². The van der Waals surface area contributed by atoms with E-state index in [1.54, 1.807) is 6.92 Å². The summed E-state index contributed by atoms with van der Waals surface area (Å²) in [6, 6.07) is 0. The smallest absolute Gasteiger partial charge is 0.355 e. The van der Waals surface area contributed by atoms with Crippen LogP contribution in [0.15, 0.2) is 11.6 Å². The van der Waals surface area contributed by atoms with Crippen molar-refractivity contribution in [1.82, 2.24) is 20.3 Å². The van der Waals surface area contributed by atoms with Gasteiger partial charge in [0.05, 0.1) is 17.8 Å². The van der Waals surface area contributed by atoms with Gasteiger partial charge >= 0.3 is 5.97 Å². The molecule has 116 valence electrons. The number of carboxylic acid groups (broad SMARTS) is 1. The summed E-state index contributed by atoms with van der Waals surface area (Å²) in [6.45, 7) is 5.86. The molecule has 1 amide bonds. The Hall–Kier alpha value is -2.35. The van der Waals surface area contributed by atoms with Crippen molar-refractivity contribution in [1.29, 1.82) is 0 Å². The van der Waals surface area contributed by atoms with Gasteiger partial charge in [-0.2, -0.15) is 0 Å². The first-order valence-corrected chi connectivity index (χ1v) is 7.56. The Morgan fingerprint density at radius 3 is 2.68 bits per heavy atom. The van der Waals surface area contributed by atoms with E-state index >= 15 is 0 Å². The highest BCUT2D eigenvalue weighted by Gasteiger charge is 2.17. The van der Waals surface area contributed by atoms with Crippen LogP contribution in [0.2, 0.25) is 0 Å². The first-order chi connectivity index (χ1) is 10.4. The van der Waals surface area contributed by atoms with Crippen molar-refractivity contribution in [3.8, 4) is 0 Å². The molecule has 0 aromatic carbocycles. The minimum Gasteiger partial charge on any atom is -0.476 e. The number of thiazole rings is 1. The molecule has 0 saturated carbocycles. The number of rotatable bonds is 5. The number of carboxylic acids is 1. The largest absolute Gasteiger partial charge is 0.476 e. The number of hydrogen-bond acceptors (Lipinski definition) is 6. The van der Waals surface area contributed by atoms with E-state index in [1.807, 2.05) is 13.8 Å². The first-order valence-electron chi connectivity index (χ1n) is 6.68. The highest BCUT2D eigenvalue weighted by atomic mass is 32.1. The van der Waals surface area contributed by atoms with Crippen molar-refractivity contribution < 1.29 is 14.7 Å². The minimum absolute atomic E-state index is 0.0178. The number of aryl methyl sites for hydroxylation is 1. The maximum atomic E-state index is 12.3. The zero-order chi connectivity index (χ0) is 16.3. The Kier molecular flexibility index (Phi) is 4.81. The second kappa shape index (κ2) is 6.61. The van der Waals surface area contributed by atoms with Gasteiger partial charge in [-0.25, -0.2) is 19.7 Å². The molecular formula is C14H16N4O3S. The molecule has 0 unspecified atom stereocenters. The van der Waals surface area contributed by atoms with Crippen LogP contribution in [0.4, 0.5) is 0 Å². The average molecular weight is 320 g/mol. The third-order valence-electron chi connectivity index (χ3n) is 2.90. The van der Waals surface area contributed by atoms with Gasteiger partial charge in [0.1, 0.15) is 10.8 Å². The molecule has 0 spiro atoms. The molecule has 0 aliphatic carbocycles. The van der Waals surface area contributed by atoms with Crippen LogP contribution in [-0.4, -0.2) is 31.9 Å². The standard InChI is InChI=1S/C14H16N4O3S/c1-7(2)12-9(4-15-8(3)17-12)13(19)16-5-11-18-10(6-22-11)14(20)21/h4,6-7H,5H2,1-3H3,(H,16,19)(H,20,21). The molecule has 0 saturated heterocycles. The van der Waals surface area contributed by atoms with Gasteiger partial charge in [-0.1, -0.05) is 13.8 Å². The molecule has 2 heterocycles. The summed E-state index contributed by atoms with van der Waals surface area (Å²) < 4.78 is 0. The molecule has 0 aliphatic rings. The Labute approximate surface area is 131 Å². The van der Waals surface area contributed by atoms with Crippen LogP contribution in [0.1, 0.15) is 57.1 Å². The predicted octanol–water partition coefficient (Wildman–Crippen LogP) is 1.99. The highest BCUT2D eigenvalue weighted by molar-refractivity contribution is 7.09. The summed E-state index contributed by atoms with van der Waals surface area (Å²) in [5.74, 6) is -0.661. The van der Waals surface area contributed by atoms with Crippen LogP contribution in [0.3, 0.4) is 0 Å². The van der Waals surface area contributed by atoms with Crippen molar-refractivity contribution >= 4 is 23.2 Å². The van der Waals surface area contributed by atoms with E-state index in [-0.39, 0.29) is 24.1 Å². The monoisotopic (exact) mass is 320 g/mol. The summed E-state index contributed by atoms with van der Waals surface area (Å²) in [7, 11) is 0. The maximum absolute atomic E-state index is 12.3. The molecule has 0 fully saturated rings. The van der Waals surface area contributed by atoms with Gasteiger partial charge < -0.3 is 10.4 Å². The lowest BCUT2D eigenvalue weighted by atomic mass is 10.0. The quantitative estimate of drug-likeness (QED) is 0.873. The molecule has 7 nitrogen and oxygen atoms in total. The third kappa shape index (κ3) is 3.64. The lowest BCUT2D eigenvalue weighted by Gasteiger charge is -2.11. The van der Waals surface area contributed by atoms with Crippen molar-refractivity contribution in [3.05, 3.63) is 39.4 Å². The first kappa shape index (κ1) is 16.0. The van der Waals surface area contributed by atoms with Crippen LogP contribution in [-0.2, 0) is 6.54 Å². The number of carbonyl (C=O) groups excluding carboxylic acids is 1. The van der Waals surface area contributed by atoms with Crippen LogP contribution in [0.5, 0.6) is 0 Å². The number of amides is 1. The van der Waals surface area contributed by atoms with E-state index in [0.29, 0.717) is 22.1 Å². The fourth-order valence-electron chi connectivity index (χ4n) is 1.84. The number of hydrogen-bond donors (Lipinski definition) is 2. The highest BCUT2D eigenvalue weighted by Crippen LogP contribution is 2.17. The van der Waals surface area contributed by atoms with E-state index in [0.717, 1.165) is 0 Å². The molecule has 2 rings (SSSR count). The van der Waals surface area contributed by atoms with Crippen molar-refractivity contribution in [3.63, 3.8) is 0 Å². The van der Waals surface area contributed by atoms with Crippen LogP contribution < -0.4 is 5.32 Å². The van der Waals surface area contributed by atoms with Crippen molar-refractivity contribution in [2.45, 2.75) is 33.2 Å². The van der Waals surface area contributed by atoms with E-state index in [2.05, 4.69) is 20.3 Å². The summed E-state index contributed by atoms with van der Waals surface area (Å²) in [5, 5.41) is 13.5. The zero-order valence-corrected chi connectivity index (χ0v) is 13.3. The SMILES string of the molecule is Cc1ncc(C(=O)NCc2nc(C(=O)O)cs2)c(C(C)C)n1. The number of nitrogens with zero attached hydrogens (tertiary/aromatic N) is 3. The molecule has 2 aromatic heterocycles. The third-order valence-corrected chi connectivity index (χ3v) is 3.75. The predicted molar refractivity (Wildman–Crippen MR) is 81.1 cm³/mol. The van der Waals surface area contributed by atoms with Crippen LogP contribution >= 0.6 is 11.3 Å². The van der Waals surface area contributed by atoms with Gasteiger partial charge in [-0.05, 0) is 12.8 Å². The van der Waals surface area contributed by atoms with Gasteiger partial charge in [0.15, 0.2) is 5.69 Å². The molecule has 2 N–H and O–H groups in total. The average Bonchev–Trinajstić information content (AvgIpc) is 2.93. The van der Waals surface area contributed by atoms with E-state index in [1.165, 1.54) is 22.9 Å². The van der Waals surface area contributed by atoms with E-state index in [9.17, 15) is 9.59 Å². The Morgan fingerprint density at radius 1 is 1.36 bits per heavy atom. The fourth-order valence-corrected chi connectivity index (χ4v) is 2.55. The maximum Gasteiger partial charge on any atom is 0.355 e. The molecule has 0 atom stereocenters. The van der Waals surface area contributed by atoms with E-state index < -0.39 is 5.97 Å². The molecule has 8 heteroatoms. The zero-order valence-electron chi connectivity index (χ0n) is 12.5. The van der Waals surface area contributed by atoms with Gasteiger partial charge in [0.2, 0.25) is 0 Å². The number of nitrogens with one attached hydrogen (secondary N) is 1. The Balaban J connectivity index is 2.10. The Bertz CT molecular complexity index is 712. The van der Waals surface area contributed by atoms with Gasteiger partial charge in [0, 0.05) is 11.6 Å². The topological polar surface area (TPSA) is 105 Å². The normalized spacial score (nSPS) is 10.7. The number of aromatic carboxylic acids is 1. The summed E-state index contributed by atoms with van der Waals surface area (Å²) in [5.41, 5.74) is 1.10. The lowest BCUT2D eigenvalue weighted by Crippen LogP contribution is -2.25. The van der Waals surface area contributed by atoms with Crippen molar-refractivity contribution in [2.75, 3.05) is 0 Å². The molecule has 0 aliphatic heterocycles. The number of aromatic nitrogens is 3. The summed E-state index contributed by atoms with van der Waals surface area (Å²) in [6.07, 6.45) is 1.51. The summed E-state index contributed by atoms with van der Waals surface area (Å²) in [4.78, 5) is 35.3. The molecular weight excluding hydrogens is 304 g/mol. The summed E-state index contributed by atoms with van der Waals surface area (Å²) >= 11 is 1.19. The number of carbonyl (C=O) groups is 2. The van der Waals surface area contributed by atoms with Crippen LogP contribution in [0, 0.1) is 6.92 Å². The van der Waals surface area contributed by atoms with Crippen molar-refractivity contribution in [2.24, 2.45) is 0 Å². The molecule has 22 heavy (non-hydrogen) atoms.